The van der Waals surface area contributed by atoms with Gasteiger partial charge in [-0.15, -0.1) is 0 Å². The maximum atomic E-state index is 13.5. The first-order chi connectivity index (χ1) is 15.7. The lowest BCUT2D eigenvalue weighted by Gasteiger charge is -2.16. The molecule has 0 saturated carbocycles. The molecule has 0 bridgehead atoms. The van der Waals surface area contributed by atoms with Gasteiger partial charge in [-0.25, -0.2) is 4.90 Å². The number of imide groups is 1. The van der Waals surface area contributed by atoms with Crippen LogP contribution in [0.3, 0.4) is 0 Å². The normalized spacial score (nSPS) is 13.9. The van der Waals surface area contributed by atoms with Crippen LogP contribution in [0.2, 0.25) is 0 Å². The number of thioether (sulfide) groups is 1. The average Bonchev–Trinajstić information content (AvgIpc) is 3.01. The predicted molar refractivity (Wildman–Crippen MR) is 137 cm³/mol. The van der Waals surface area contributed by atoms with Gasteiger partial charge < -0.3 is 5.32 Å². The molecule has 4 nitrogen and oxygen atoms in total. The molecule has 0 radical (unpaired) electrons. The lowest BCUT2D eigenvalue weighted by molar-refractivity contribution is -0.120. The van der Waals surface area contributed by atoms with Gasteiger partial charge in [-0.2, -0.15) is 0 Å². The third-order valence-electron chi connectivity index (χ3n) is 5.88. The van der Waals surface area contributed by atoms with Crippen molar-refractivity contribution < 1.29 is 9.59 Å². The van der Waals surface area contributed by atoms with Crippen molar-refractivity contribution in [3.8, 4) is 0 Å². The molecule has 1 N–H and O–H groups in total. The maximum absolute atomic E-state index is 13.5. The van der Waals surface area contributed by atoms with E-state index in [1.807, 2.05) is 87.5 Å². The summed E-state index contributed by atoms with van der Waals surface area (Å²) in [5, 5.41) is 3.25. The summed E-state index contributed by atoms with van der Waals surface area (Å²) in [6.07, 6.45) is 0. The standard InChI is InChI=1S/C28H28N2O2S/c1-17(2)21-9-12-23(13-10-21)30-27(31)25(29-22-11-8-19(4)20(5)16-22)26(28(30)32)33-24-14-6-18(3)7-15-24/h6-17,29H,1-5H3. The van der Waals surface area contributed by atoms with E-state index in [9.17, 15) is 9.59 Å². The highest BCUT2D eigenvalue weighted by Crippen LogP contribution is 2.38. The number of carbonyl (C=O) groups is 2. The van der Waals surface area contributed by atoms with Crippen molar-refractivity contribution in [2.75, 3.05) is 10.2 Å². The molecule has 0 atom stereocenters. The number of benzene rings is 3. The summed E-state index contributed by atoms with van der Waals surface area (Å²) in [7, 11) is 0. The van der Waals surface area contributed by atoms with E-state index in [1.165, 1.54) is 22.2 Å². The summed E-state index contributed by atoms with van der Waals surface area (Å²) in [5.74, 6) is -0.281. The van der Waals surface area contributed by atoms with E-state index in [0.717, 1.165) is 27.3 Å². The Labute approximate surface area is 199 Å². The minimum Gasteiger partial charge on any atom is -0.350 e. The third-order valence-corrected chi connectivity index (χ3v) is 6.97. The van der Waals surface area contributed by atoms with E-state index >= 15 is 0 Å². The Kier molecular flexibility index (Phi) is 6.43. The van der Waals surface area contributed by atoms with Gasteiger partial charge in [0, 0.05) is 10.6 Å². The molecule has 0 unspecified atom stereocenters. The van der Waals surface area contributed by atoms with Crippen LogP contribution in [-0.2, 0) is 9.59 Å². The summed E-state index contributed by atoms with van der Waals surface area (Å²) >= 11 is 1.32. The Morgan fingerprint density at radius 1 is 0.788 bits per heavy atom. The molecule has 2 amide bonds. The molecule has 3 aromatic carbocycles. The van der Waals surface area contributed by atoms with Gasteiger partial charge in [-0.05, 0) is 79.8 Å². The number of rotatable bonds is 6. The van der Waals surface area contributed by atoms with Gasteiger partial charge in [0.05, 0.1) is 5.69 Å². The van der Waals surface area contributed by atoms with Crippen LogP contribution in [0.5, 0.6) is 0 Å². The van der Waals surface area contributed by atoms with Gasteiger partial charge >= 0.3 is 0 Å². The van der Waals surface area contributed by atoms with Crippen molar-refractivity contribution in [1.29, 1.82) is 0 Å². The van der Waals surface area contributed by atoms with E-state index in [2.05, 4.69) is 19.2 Å². The molecular weight excluding hydrogens is 428 g/mol. The number of nitrogens with one attached hydrogen (secondary N) is 1. The van der Waals surface area contributed by atoms with Gasteiger partial charge in [-0.3, -0.25) is 9.59 Å². The van der Waals surface area contributed by atoms with Gasteiger partial charge in [0.25, 0.3) is 11.8 Å². The topological polar surface area (TPSA) is 49.4 Å². The van der Waals surface area contributed by atoms with Crippen molar-refractivity contribution in [3.05, 3.63) is 99.6 Å². The Hall–Kier alpha value is -3.31. The molecule has 168 valence electrons. The largest absolute Gasteiger partial charge is 0.350 e. The van der Waals surface area contributed by atoms with Crippen LogP contribution in [0.15, 0.2) is 82.2 Å². The second-order valence-electron chi connectivity index (χ2n) is 8.74. The third kappa shape index (κ3) is 4.74. The molecule has 1 heterocycles. The van der Waals surface area contributed by atoms with Crippen molar-refractivity contribution in [3.63, 3.8) is 0 Å². The molecule has 3 aromatic rings. The Morgan fingerprint density at radius 2 is 1.45 bits per heavy atom. The summed E-state index contributed by atoms with van der Waals surface area (Å²) < 4.78 is 0. The number of hydrogen-bond acceptors (Lipinski definition) is 4. The van der Waals surface area contributed by atoms with Crippen molar-refractivity contribution in [2.24, 2.45) is 0 Å². The van der Waals surface area contributed by atoms with E-state index in [-0.39, 0.29) is 11.8 Å². The summed E-state index contributed by atoms with van der Waals surface area (Å²) in [5.41, 5.74) is 6.26. The van der Waals surface area contributed by atoms with Crippen LogP contribution in [0.4, 0.5) is 11.4 Å². The SMILES string of the molecule is Cc1ccc(SC2=C(Nc3ccc(C)c(C)c3)C(=O)N(c3ccc(C(C)C)cc3)C2=O)cc1. The molecule has 33 heavy (non-hydrogen) atoms. The zero-order valence-corrected chi connectivity index (χ0v) is 20.4. The quantitative estimate of drug-likeness (QED) is 0.418. The number of amides is 2. The highest BCUT2D eigenvalue weighted by molar-refractivity contribution is 8.04. The fourth-order valence-corrected chi connectivity index (χ4v) is 4.57. The summed E-state index contributed by atoms with van der Waals surface area (Å²) in [6, 6.07) is 21.5. The first-order valence-electron chi connectivity index (χ1n) is 11.1. The number of hydrogen-bond donors (Lipinski definition) is 1. The molecule has 1 aliphatic rings. The van der Waals surface area contributed by atoms with Gasteiger partial charge in [0.2, 0.25) is 0 Å². The fraction of sp³-hybridized carbons (Fsp3) is 0.214. The zero-order valence-electron chi connectivity index (χ0n) is 19.6. The van der Waals surface area contributed by atoms with E-state index in [4.69, 9.17) is 0 Å². The first-order valence-corrected chi connectivity index (χ1v) is 11.9. The van der Waals surface area contributed by atoms with Gasteiger partial charge in [0.1, 0.15) is 10.6 Å². The Bertz CT molecular complexity index is 1240. The van der Waals surface area contributed by atoms with E-state index in [1.54, 1.807) is 0 Å². The highest BCUT2D eigenvalue weighted by Gasteiger charge is 2.40. The van der Waals surface area contributed by atoms with E-state index < -0.39 is 0 Å². The smallest absolute Gasteiger partial charge is 0.283 e. The Morgan fingerprint density at radius 3 is 2.06 bits per heavy atom. The minimum absolute atomic E-state index is 0.307. The summed E-state index contributed by atoms with van der Waals surface area (Å²) in [6.45, 7) is 10.3. The number of carbonyl (C=O) groups excluding carboxylic acids is 2. The van der Waals surface area contributed by atoms with E-state index in [0.29, 0.717) is 22.2 Å². The lowest BCUT2D eigenvalue weighted by Crippen LogP contribution is -2.32. The molecular formula is C28H28N2O2S. The van der Waals surface area contributed by atoms with Crippen molar-refractivity contribution in [2.45, 2.75) is 45.4 Å². The molecule has 5 heteroatoms. The van der Waals surface area contributed by atoms with Crippen LogP contribution in [0, 0.1) is 20.8 Å². The lowest BCUT2D eigenvalue weighted by atomic mass is 10.0. The number of anilines is 2. The first kappa shape index (κ1) is 22.9. The molecule has 4 rings (SSSR count). The number of nitrogens with zero attached hydrogens (tertiary/aromatic N) is 1. The van der Waals surface area contributed by atoms with Crippen LogP contribution < -0.4 is 10.2 Å². The fourth-order valence-electron chi connectivity index (χ4n) is 3.65. The number of aryl methyl sites for hydroxylation is 3. The predicted octanol–water partition coefficient (Wildman–Crippen LogP) is 6.72. The second kappa shape index (κ2) is 9.28. The molecule has 0 spiro atoms. The monoisotopic (exact) mass is 456 g/mol. The minimum atomic E-state index is -0.342. The Balaban J connectivity index is 1.72. The maximum Gasteiger partial charge on any atom is 0.283 e. The van der Waals surface area contributed by atoms with Crippen LogP contribution in [0.25, 0.3) is 0 Å². The molecule has 0 saturated heterocycles. The van der Waals surface area contributed by atoms with Crippen molar-refractivity contribution in [1.82, 2.24) is 0 Å². The van der Waals surface area contributed by atoms with Gasteiger partial charge in [0.15, 0.2) is 0 Å². The van der Waals surface area contributed by atoms with Crippen LogP contribution >= 0.6 is 11.8 Å². The highest BCUT2D eigenvalue weighted by atomic mass is 32.2. The molecule has 0 fully saturated rings. The second-order valence-corrected chi connectivity index (χ2v) is 9.82. The van der Waals surface area contributed by atoms with Crippen LogP contribution in [-0.4, -0.2) is 11.8 Å². The van der Waals surface area contributed by atoms with Crippen molar-refractivity contribution >= 4 is 35.0 Å². The molecule has 1 aliphatic heterocycles. The van der Waals surface area contributed by atoms with Crippen LogP contribution in [0.1, 0.15) is 42.0 Å². The molecule has 0 aromatic heterocycles. The molecule has 0 aliphatic carbocycles. The van der Waals surface area contributed by atoms with Gasteiger partial charge in [-0.1, -0.05) is 61.5 Å². The average molecular weight is 457 g/mol. The zero-order chi connectivity index (χ0) is 23.7. The summed E-state index contributed by atoms with van der Waals surface area (Å²) in [4.78, 5) is 29.6.